The summed E-state index contributed by atoms with van der Waals surface area (Å²) in [7, 11) is 0. The van der Waals surface area contributed by atoms with E-state index in [1.165, 1.54) is 130 Å². The van der Waals surface area contributed by atoms with Crippen molar-refractivity contribution in [1.29, 1.82) is 0 Å². The van der Waals surface area contributed by atoms with Crippen molar-refractivity contribution < 1.29 is 0 Å². The molecule has 0 amide bonds. The number of thiophene rings is 2. The molecule has 6 heteroatoms. The highest BCUT2D eigenvalue weighted by Gasteiger charge is 2.44. The largest absolute Gasteiger partial charge is 0.310 e. The molecule has 2 aliphatic rings. The summed E-state index contributed by atoms with van der Waals surface area (Å²) in [6, 6.07) is 58.6. The fourth-order valence-electron chi connectivity index (χ4n) is 11.7. The zero-order valence-electron chi connectivity index (χ0n) is 42.2. The van der Waals surface area contributed by atoms with Crippen LogP contribution in [0.1, 0.15) is 90.1 Å². The number of aryl methyl sites for hydroxylation is 2. The summed E-state index contributed by atoms with van der Waals surface area (Å²) in [5, 5.41) is 5.31. The first-order valence-corrected chi connectivity index (χ1v) is 26.6. The molecule has 0 N–H and O–H groups in total. The Balaban J connectivity index is 1.20. The van der Waals surface area contributed by atoms with Gasteiger partial charge in [-0.3, -0.25) is 0 Å². The number of fused-ring (bicyclic) bond motifs is 12. The van der Waals surface area contributed by atoms with Gasteiger partial charge in [-0.2, -0.15) is 0 Å². The van der Waals surface area contributed by atoms with Crippen LogP contribution in [-0.2, 0) is 16.2 Å². The zero-order valence-corrected chi connectivity index (χ0v) is 43.8. The smallest absolute Gasteiger partial charge is 0.252 e. The number of hydrogen-bond donors (Lipinski definition) is 0. The van der Waals surface area contributed by atoms with Gasteiger partial charge in [0.15, 0.2) is 0 Å². The highest BCUT2D eigenvalue weighted by atomic mass is 32.1. The minimum absolute atomic E-state index is 0.00628. The number of hydrogen-bond acceptors (Lipinski definition) is 4. The van der Waals surface area contributed by atoms with Crippen molar-refractivity contribution in [3.8, 4) is 5.69 Å². The van der Waals surface area contributed by atoms with Crippen LogP contribution in [0.4, 0.5) is 34.1 Å². The molecular weight excluding hydrogens is 886 g/mol. The van der Waals surface area contributed by atoms with Crippen LogP contribution in [0.15, 0.2) is 152 Å². The molecule has 11 aromatic rings. The third-order valence-electron chi connectivity index (χ3n) is 15.5. The Morgan fingerprint density at radius 2 is 1.06 bits per heavy atom. The van der Waals surface area contributed by atoms with Gasteiger partial charge in [-0.1, -0.05) is 153 Å². The molecule has 0 atom stereocenters. The molecule has 8 aromatic carbocycles. The van der Waals surface area contributed by atoms with Crippen LogP contribution in [0.25, 0.3) is 57.1 Å². The third kappa shape index (κ3) is 6.31. The third-order valence-corrected chi connectivity index (χ3v) is 17.9. The molecular formula is C64H58BN3S2. The lowest BCUT2D eigenvalue weighted by molar-refractivity contribution is 0.590. The average molecular weight is 944 g/mol. The van der Waals surface area contributed by atoms with Gasteiger partial charge >= 0.3 is 0 Å². The minimum atomic E-state index is -0.132. The first-order valence-electron chi connectivity index (χ1n) is 25.0. The second-order valence-corrected chi connectivity index (χ2v) is 25.2. The van der Waals surface area contributed by atoms with Crippen molar-refractivity contribution in [2.24, 2.45) is 0 Å². The second kappa shape index (κ2) is 15.0. The monoisotopic (exact) mass is 943 g/mol. The van der Waals surface area contributed by atoms with Crippen molar-refractivity contribution in [3.63, 3.8) is 0 Å². The number of nitrogens with zero attached hydrogens (tertiary/aromatic N) is 3. The molecule has 3 nitrogen and oxygen atoms in total. The van der Waals surface area contributed by atoms with Crippen molar-refractivity contribution in [2.75, 3.05) is 9.80 Å². The number of aromatic nitrogens is 1. The SMILES string of the molecule is Cc1ccccc1N(c1ccc2c(c1)N(c1cccc3c1sc1cc(C(C)(C)C)ccc13)c1cc(C(C)(C)C)cc3c1B2c1cc(C(C)(C)C)cc2c4sc5ccccc5c4n-3c12)c1ccccc1C. The Kier molecular flexibility index (Phi) is 9.28. The Labute approximate surface area is 420 Å². The maximum absolute atomic E-state index is 2.69. The molecule has 5 heterocycles. The molecule has 70 heavy (non-hydrogen) atoms. The first-order chi connectivity index (χ1) is 33.5. The number of rotatable bonds is 4. The molecule has 13 rings (SSSR count). The molecule has 2 aliphatic heterocycles. The van der Waals surface area contributed by atoms with E-state index in [9.17, 15) is 0 Å². The highest BCUT2D eigenvalue weighted by molar-refractivity contribution is 7.27. The maximum atomic E-state index is 2.69. The fraction of sp³-hybridized carbons (Fsp3) is 0.219. The highest BCUT2D eigenvalue weighted by Crippen LogP contribution is 2.51. The summed E-state index contributed by atoms with van der Waals surface area (Å²) in [6.07, 6.45) is 0. The Morgan fingerprint density at radius 1 is 0.429 bits per heavy atom. The summed E-state index contributed by atoms with van der Waals surface area (Å²) in [4.78, 5) is 5.18. The van der Waals surface area contributed by atoms with Gasteiger partial charge in [-0.15, -0.1) is 22.7 Å². The van der Waals surface area contributed by atoms with Crippen LogP contribution in [-0.4, -0.2) is 11.3 Å². The topological polar surface area (TPSA) is 11.4 Å². The van der Waals surface area contributed by atoms with E-state index in [1.54, 1.807) is 0 Å². The van der Waals surface area contributed by atoms with Gasteiger partial charge in [-0.05, 0) is 135 Å². The average Bonchev–Trinajstić information content (AvgIpc) is 4.00. The van der Waals surface area contributed by atoms with Crippen LogP contribution in [0.5, 0.6) is 0 Å². The molecule has 0 aliphatic carbocycles. The van der Waals surface area contributed by atoms with Crippen LogP contribution >= 0.6 is 22.7 Å². The molecule has 0 saturated carbocycles. The van der Waals surface area contributed by atoms with Crippen molar-refractivity contribution in [2.45, 2.75) is 92.4 Å². The van der Waals surface area contributed by atoms with Gasteiger partial charge in [0.25, 0.3) is 6.71 Å². The van der Waals surface area contributed by atoms with Gasteiger partial charge < -0.3 is 14.4 Å². The van der Waals surface area contributed by atoms with E-state index in [0.717, 1.165) is 5.69 Å². The Morgan fingerprint density at radius 3 is 1.76 bits per heavy atom. The number of benzene rings is 8. The molecule has 3 aromatic heterocycles. The normalized spacial score (nSPS) is 13.6. The predicted octanol–water partition coefficient (Wildman–Crippen LogP) is 17.0. The van der Waals surface area contributed by atoms with Crippen LogP contribution < -0.4 is 26.2 Å². The van der Waals surface area contributed by atoms with E-state index >= 15 is 0 Å². The van der Waals surface area contributed by atoms with E-state index in [-0.39, 0.29) is 23.0 Å². The lowest BCUT2D eigenvalue weighted by Crippen LogP contribution is -2.60. The van der Waals surface area contributed by atoms with Gasteiger partial charge in [0.2, 0.25) is 0 Å². The zero-order chi connectivity index (χ0) is 48.3. The van der Waals surface area contributed by atoms with Crippen LogP contribution in [0.2, 0.25) is 0 Å². The van der Waals surface area contributed by atoms with Gasteiger partial charge in [0.05, 0.1) is 26.1 Å². The predicted molar refractivity (Wildman–Crippen MR) is 309 cm³/mol. The summed E-state index contributed by atoms with van der Waals surface area (Å²) in [5.41, 5.74) is 21.7. The molecule has 344 valence electrons. The maximum Gasteiger partial charge on any atom is 0.252 e. The molecule has 0 fully saturated rings. The minimum Gasteiger partial charge on any atom is -0.310 e. The molecule has 0 spiro atoms. The van der Waals surface area contributed by atoms with E-state index < -0.39 is 0 Å². The second-order valence-electron chi connectivity index (χ2n) is 23.1. The van der Waals surface area contributed by atoms with E-state index in [4.69, 9.17) is 0 Å². The summed E-state index contributed by atoms with van der Waals surface area (Å²) < 4.78 is 8.05. The Bertz CT molecular complexity index is 3970. The lowest BCUT2D eigenvalue weighted by atomic mass is 9.33. The van der Waals surface area contributed by atoms with Gasteiger partial charge in [0.1, 0.15) is 0 Å². The first kappa shape index (κ1) is 43.4. The molecule has 0 bridgehead atoms. The Hall–Kier alpha value is -6.60. The molecule has 0 unspecified atom stereocenters. The molecule has 0 radical (unpaired) electrons. The van der Waals surface area contributed by atoms with Crippen LogP contribution in [0.3, 0.4) is 0 Å². The quantitative estimate of drug-likeness (QED) is 0.163. The van der Waals surface area contributed by atoms with E-state index in [0.29, 0.717) is 0 Å². The lowest BCUT2D eigenvalue weighted by Gasteiger charge is -2.42. The summed E-state index contributed by atoms with van der Waals surface area (Å²) in [5.74, 6) is 0. The van der Waals surface area contributed by atoms with Gasteiger partial charge in [-0.25, -0.2) is 0 Å². The number of para-hydroxylation sites is 2. The number of anilines is 6. The van der Waals surface area contributed by atoms with Crippen molar-refractivity contribution >= 4 is 131 Å². The van der Waals surface area contributed by atoms with Crippen molar-refractivity contribution in [1.82, 2.24) is 4.57 Å². The van der Waals surface area contributed by atoms with Gasteiger partial charge in [0, 0.05) is 65.1 Å². The van der Waals surface area contributed by atoms with Crippen LogP contribution in [0, 0.1) is 13.8 Å². The van der Waals surface area contributed by atoms with E-state index in [2.05, 4.69) is 242 Å². The summed E-state index contributed by atoms with van der Waals surface area (Å²) in [6.45, 7) is 25.7. The summed E-state index contributed by atoms with van der Waals surface area (Å²) >= 11 is 3.90. The fourth-order valence-corrected chi connectivity index (χ4v) is 14.1. The van der Waals surface area contributed by atoms with Crippen molar-refractivity contribution in [3.05, 3.63) is 179 Å². The molecule has 0 saturated heterocycles. The van der Waals surface area contributed by atoms with E-state index in [1.807, 2.05) is 22.7 Å². The standard InChI is InChI=1S/C64H58BN3S2/c1-37-19-12-15-23-49(37)66(50-24-16-13-20-38(50)2)42-28-30-47-52(36-42)67(51-25-18-22-44-43-29-27-39(62(3,4)5)35-56(43)70-60(44)51)53-33-41(64(9,10)11)34-54-57(53)65(47)48-32-40(63(6,7)8)31-46-58(48)68(54)59-45-21-14-17-26-55(45)69-61(46)59/h12-36H,1-11H3.